The lowest BCUT2D eigenvalue weighted by molar-refractivity contribution is 0.134. The monoisotopic (exact) mass is 288 g/mol. The molecule has 0 spiro atoms. The van der Waals surface area contributed by atoms with Crippen LogP contribution in [0.25, 0.3) is 0 Å². The molecule has 1 saturated carbocycles. The summed E-state index contributed by atoms with van der Waals surface area (Å²) in [5.74, 6) is 0.821. The van der Waals surface area contributed by atoms with Gasteiger partial charge < -0.3 is 15.3 Å². The van der Waals surface area contributed by atoms with Crippen LogP contribution < -0.4 is 5.32 Å². The van der Waals surface area contributed by atoms with Gasteiger partial charge in [-0.2, -0.15) is 0 Å². The summed E-state index contributed by atoms with van der Waals surface area (Å²) < 4.78 is 0. The summed E-state index contributed by atoms with van der Waals surface area (Å²) in [5, 5.41) is 13.9. The van der Waals surface area contributed by atoms with Crippen molar-refractivity contribution in [1.82, 2.24) is 10.2 Å². The van der Waals surface area contributed by atoms with Gasteiger partial charge in [0.25, 0.3) is 0 Å². The molecule has 0 aromatic heterocycles. The Bertz CT molecular complexity index is 446. The zero-order chi connectivity index (χ0) is 14.7. The SMILES string of the molecule is CC1CCN(CCC(CO)(NC2CC2)c2ccccc2)C1. The second-order valence-corrected chi connectivity index (χ2v) is 6.97. The summed E-state index contributed by atoms with van der Waals surface area (Å²) in [4.78, 5) is 2.55. The lowest BCUT2D eigenvalue weighted by Gasteiger charge is -2.35. The second-order valence-electron chi connectivity index (χ2n) is 6.97. The van der Waals surface area contributed by atoms with Crippen molar-refractivity contribution in [1.29, 1.82) is 0 Å². The van der Waals surface area contributed by atoms with Gasteiger partial charge in [0, 0.05) is 19.1 Å². The average Bonchev–Trinajstić information content (AvgIpc) is 3.24. The van der Waals surface area contributed by atoms with E-state index in [9.17, 15) is 5.11 Å². The molecule has 2 atom stereocenters. The number of hydrogen-bond donors (Lipinski definition) is 2. The maximum Gasteiger partial charge on any atom is 0.0683 e. The van der Waals surface area contributed by atoms with Crippen molar-refractivity contribution in [2.45, 2.75) is 44.2 Å². The summed E-state index contributed by atoms with van der Waals surface area (Å²) >= 11 is 0. The zero-order valence-corrected chi connectivity index (χ0v) is 13.1. The lowest BCUT2D eigenvalue weighted by atomic mass is 9.86. The molecule has 1 aromatic rings. The molecule has 3 rings (SSSR count). The molecule has 2 fully saturated rings. The van der Waals surface area contributed by atoms with E-state index in [-0.39, 0.29) is 12.1 Å². The third kappa shape index (κ3) is 3.65. The summed E-state index contributed by atoms with van der Waals surface area (Å²) in [5.41, 5.74) is 0.959. The fraction of sp³-hybridized carbons (Fsp3) is 0.667. The van der Waals surface area contributed by atoms with E-state index in [1.165, 1.54) is 37.9 Å². The van der Waals surface area contributed by atoms with Crippen LogP contribution in [0.5, 0.6) is 0 Å². The third-order valence-corrected chi connectivity index (χ3v) is 5.02. The van der Waals surface area contributed by atoms with Crippen molar-refractivity contribution < 1.29 is 5.11 Å². The molecule has 21 heavy (non-hydrogen) atoms. The first-order chi connectivity index (χ1) is 10.2. The first-order valence-electron chi connectivity index (χ1n) is 8.38. The average molecular weight is 288 g/mol. The van der Waals surface area contributed by atoms with Crippen LogP contribution in [0.4, 0.5) is 0 Å². The highest BCUT2D eigenvalue weighted by molar-refractivity contribution is 5.25. The zero-order valence-electron chi connectivity index (χ0n) is 13.1. The number of aliphatic hydroxyl groups is 1. The van der Waals surface area contributed by atoms with Gasteiger partial charge in [-0.3, -0.25) is 0 Å². The van der Waals surface area contributed by atoms with Gasteiger partial charge >= 0.3 is 0 Å². The van der Waals surface area contributed by atoms with E-state index >= 15 is 0 Å². The molecule has 1 aromatic carbocycles. The quantitative estimate of drug-likeness (QED) is 0.808. The van der Waals surface area contributed by atoms with E-state index in [2.05, 4.69) is 41.4 Å². The van der Waals surface area contributed by atoms with Gasteiger partial charge in [-0.05, 0) is 43.7 Å². The van der Waals surface area contributed by atoms with Crippen LogP contribution in [-0.4, -0.2) is 42.3 Å². The number of rotatable bonds is 7. The highest BCUT2D eigenvalue weighted by atomic mass is 16.3. The Morgan fingerprint density at radius 2 is 2.00 bits per heavy atom. The predicted octanol–water partition coefficient (Wildman–Crippen LogP) is 2.36. The van der Waals surface area contributed by atoms with Crippen LogP contribution in [0.15, 0.2) is 30.3 Å². The van der Waals surface area contributed by atoms with Gasteiger partial charge in [0.2, 0.25) is 0 Å². The normalized spacial score (nSPS) is 25.9. The maximum absolute atomic E-state index is 10.2. The Morgan fingerprint density at radius 1 is 1.24 bits per heavy atom. The Balaban J connectivity index is 1.71. The molecular weight excluding hydrogens is 260 g/mol. The minimum atomic E-state index is -0.270. The van der Waals surface area contributed by atoms with E-state index < -0.39 is 0 Å². The molecule has 1 saturated heterocycles. The number of hydrogen-bond acceptors (Lipinski definition) is 3. The molecule has 1 aliphatic heterocycles. The first-order valence-corrected chi connectivity index (χ1v) is 8.38. The standard InChI is InChI=1S/C18H28N2O/c1-15-9-11-20(13-15)12-10-18(14-21,19-17-7-8-17)16-5-3-2-4-6-16/h2-6,15,17,19,21H,7-14H2,1H3. The number of aliphatic hydroxyl groups excluding tert-OH is 1. The van der Waals surface area contributed by atoms with Crippen molar-refractivity contribution in [3.8, 4) is 0 Å². The van der Waals surface area contributed by atoms with Gasteiger partial charge in [-0.25, -0.2) is 0 Å². The van der Waals surface area contributed by atoms with Gasteiger partial charge in [-0.15, -0.1) is 0 Å². The maximum atomic E-state index is 10.2. The second kappa shape index (κ2) is 6.47. The van der Waals surface area contributed by atoms with Crippen LogP contribution in [-0.2, 0) is 5.54 Å². The molecular formula is C18H28N2O. The van der Waals surface area contributed by atoms with Crippen molar-refractivity contribution >= 4 is 0 Å². The minimum absolute atomic E-state index is 0.177. The van der Waals surface area contributed by atoms with Crippen molar-refractivity contribution in [3.05, 3.63) is 35.9 Å². The minimum Gasteiger partial charge on any atom is -0.394 e. The molecule has 0 radical (unpaired) electrons. The van der Waals surface area contributed by atoms with Crippen LogP contribution >= 0.6 is 0 Å². The Morgan fingerprint density at radius 3 is 2.57 bits per heavy atom. The first kappa shape index (κ1) is 15.0. The highest BCUT2D eigenvalue weighted by Crippen LogP contribution is 2.32. The smallest absolute Gasteiger partial charge is 0.0683 e. The van der Waals surface area contributed by atoms with E-state index in [0.29, 0.717) is 6.04 Å². The number of nitrogens with zero attached hydrogens (tertiary/aromatic N) is 1. The van der Waals surface area contributed by atoms with Crippen LogP contribution in [0, 0.1) is 5.92 Å². The molecule has 3 heteroatoms. The van der Waals surface area contributed by atoms with Gasteiger partial charge in [0.05, 0.1) is 12.1 Å². The summed E-state index contributed by atoms with van der Waals surface area (Å²) in [6, 6.07) is 11.1. The largest absolute Gasteiger partial charge is 0.394 e. The Hall–Kier alpha value is -0.900. The van der Waals surface area contributed by atoms with E-state index in [1.54, 1.807) is 0 Å². The summed E-state index contributed by atoms with van der Waals surface area (Å²) in [6.45, 7) is 6.00. The van der Waals surface area contributed by atoms with E-state index in [4.69, 9.17) is 0 Å². The van der Waals surface area contributed by atoms with Crippen molar-refractivity contribution in [2.75, 3.05) is 26.2 Å². The number of benzene rings is 1. The van der Waals surface area contributed by atoms with Crippen molar-refractivity contribution in [3.63, 3.8) is 0 Å². The van der Waals surface area contributed by atoms with E-state index in [1.807, 2.05) is 6.07 Å². The third-order valence-electron chi connectivity index (χ3n) is 5.02. The molecule has 1 aliphatic carbocycles. The molecule has 3 nitrogen and oxygen atoms in total. The molecule has 0 amide bonds. The Labute approximate surface area is 128 Å². The van der Waals surface area contributed by atoms with Crippen LogP contribution in [0.3, 0.4) is 0 Å². The summed E-state index contributed by atoms with van der Waals surface area (Å²) in [7, 11) is 0. The van der Waals surface area contributed by atoms with Gasteiger partial charge in [0.1, 0.15) is 0 Å². The van der Waals surface area contributed by atoms with Gasteiger partial charge in [-0.1, -0.05) is 37.3 Å². The Kier molecular flexibility index (Phi) is 4.63. The van der Waals surface area contributed by atoms with Crippen LogP contribution in [0.1, 0.15) is 38.2 Å². The molecule has 0 bridgehead atoms. The lowest BCUT2D eigenvalue weighted by Crippen LogP contribution is -2.48. The van der Waals surface area contributed by atoms with Gasteiger partial charge in [0.15, 0.2) is 0 Å². The predicted molar refractivity (Wildman–Crippen MR) is 86.2 cm³/mol. The topological polar surface area (TPSA) is 35.5 Å². The molecule has 1 heterocycles. The number of likely N-dealkylation sites (tertiary alicyclic amines) is 1. The van der Waals surface area contributed by atoms with Crippen LogP contribution in [0.2, 0.25) is 0 Å². The fourth-order valence-corrected chi connectivity index (χ4v) is 3.47. The molecule has 2 aliphatic rings. The molecule has 2 unspecified atom stereocenters. The molecule has 116 valence electrons. The number of nitrogens with one attached hydrogen (secondary N) is 1. The van der Waals surface area contributed by atoms with E-state index in [0.717, 1.165) is 18.9 Å². The van der Waals surface area contributed by atoms with Crippen molar-refractivity contribution in [2.24, 2.45) is 5.92 Å². The fourth-order valence-electron chi connectivity index (χ4n) is 3.47. The summed E-state index contributed by atoms with van der Waals surface area (Å²) in [6.07, 6.45) is 4.79. The molecule has 2 N–H and O–H groups in total. The highest BCUT2D eigenvalue weighted by Gasteiger charge is 2.37.